The summed E-state index contributed by atoms with van der Waals surface area (Å²) in [6.45, 7) is 1.07. The van der Waals surface area contributed by atoms with Crippen molar-refractivity contribution in [2.24, 2.45) is 0 Å². The normalized spacial score (nSPS) is 20.0. The molecule has 2 aromatic rings. The van der Waals surface area contributed by atoms with E-state index < -0.39 is 0 Å². The van der Waals surface area contributed by atoms with E-state index in [0.717, 1.165) is 28.9 Å². The van der Waals surface area contributed by atoms with E-state index in [1.165, 1.54) is 12.0 Å². The predicted octanol–water partition coefficient (Wildman–Crippen LogP) is 3.97. The lowest BCUT2D eigenvalue weighted by molar-refractivity contribution is 0.649. The summed E-state index contributed by atoms with van der Waals surface area (Å²) in [4.78, 5) is 4.26. The molecule has 0 spiro atoms. The first-order chi connectivity index (χ1) is 8.25. The summed E-state index contributed by atoms with van der Waals surface area (Å²) in [6, 6.07) is 8.13. The Balaban J connectivity index is 2.15. The van der Waals surface area contributed by atoms with Crippen LogP contribution in [0.15, 0.2) is 24.3 Å². The van der Waals surface area contributed by atoms with Crippen molar-refractivity contribution in [3.05, 3.63) is 40.0 Å². The van der Waals surface area contributed by atoms with Crippen LogP contribution in [0.3, 0.4) is 0 Å². The second-order valence-electron chi connectivity index (χ2n) is 4.32. The fourth-order valence-corrected chi connectivity index (χ4v) is 2.89. The van der Waals surface area contributed by atoms with Crippen molar-refractivity contribution in [3.8, 4) is 0 Å². The minimum Gasteiger partial charge on any atom is -0.310 e. The third-order valence-corrected chi connectivity index (χ3v) is 3.87. The molecule has 1 unspecified atom stereocenters. The van der Waals surface area contributed by atoms with Gasteiger partial charge in [0.05, 0.1) is 10.5 Å². The van der Waals surface area contributed by atoms with Gasteiger partial charge in [-0.15, -0.1) is 0 Å². The molecule has 2 nitrogen and oxygen atoms in total. The first-order valence-electron chi connectivity index (χ1n) is 5.74. The van der Waals surface area contributed by atoms with E-state index in [-0.39, 0.29) is 0 Å². The Labute approximate surface area is 110 Å². The van der Waals surface area contributed by atoms with Gasteiger partial charge in [0, 0.05) is 11.4 Å². The van der Waals surface area contributed by atoms with E-state index in [9.17, 15) is 0 Å². The highest BCUT2D eigenvalue weighted by Crippen LogP contribution is 2.34. The fourth-order valence-electron chi connectivity index (χ4n) is 2.38. The van der Waals surface area contributed by atoms with Gasteiger partial charge in [-0.3, -0.25) is 0 Å². The highest BCUT2D eigenvalue weighted by atomic mass is 35.5. The second kappa shape index (κ2) is 4.45. The molecule has 0 amide bonds. The highest BCUT2D eigenvalue weighted by Gasteiger charge is 2.19. The van der Waals surface area contributed by atoms with Crippen LogP contribution in [-0.4, -0.2) is 11.5 Å². The molecule has 1 fully saturated rings. The molecule has 1 aliphatic heterocycles. The minimum atomic E-state index is 0.377. The van der Waals surface area contributed by atoms with E-state index >= 15 is 0 Å². The average molecular weight is 267 g/mol. The summed E-state index contributed by atoms with van der Waals surface area (Å²) in [5, 5.41) is 5.73. The number of rotatable bonds is 1. The zero-order valence-electron chi connectivity index (χ0n) is 9.21. The molecule has 3 rings (SSSR count). The third kappa shape index (κ3) is 2.01. The summed E-state index contributed by atoms with van der Waals surface area (Å²) < 4.78 is 0. The largest absolute Gasteiger partial charge is 0.310 e. The highest BCUT2D eigenvalue weighted by molar-refractivity contribution is 6.36. The third-order valence-electron chi connectivity index (χ3n) is 3.24. The first-order valence-corrected chi connectivity index (χ1v) is 6.49. The fraction of sp³-hybridized carbons (Fsp3) is 0.308. The molecule has 0 radical (unpaired) electrons. The van der Waals surface area contributed by atoms with E-state index in [1.54, 1.807) is 6.07 Å². The Morgan fingerprint density at radius 1 is 1.18 bits per heavy atom. The number of benzene rings is 1. The molecule has 17 heavy (non-hydrogen) atoms. The van der Waals surface area contributed by atoms with Crippen molar-refractivity contribution in [2.45, 2.75) is 18.9 Å². The molecule has 0 aliphatic carbocycles. The van der Waals surface area contributed by atoms with Gasteiger partial charge in [0.1, 0.15) is 5.15 Å². The summed E-state index contributed by atoms with van der Waals surface area (Å²) >= 11 is 12.3. The number of aromatic nitrogens is 1. The quantitative estimate of drug-likeness (QED) is 0.791. The molecule has 1 aromatic heterocycles. The zero-order valence-corrected chi connectivity index (χ0v) is 10.7. The van der Waals surface area contributed by atoms with Gasteiger partial charge in [-0.05, 0) is 43.1 Å². The predicted molar refractivity (Wildman–Crippen MR) is 71.7 cm³/mol. The van der Waals surface area contributed by atoms with E-state index in [4.69, 9.17) is 23.2 Å². The van der Waals surface area contributed by atoms with E-state index in [1.807, 2.05) is 12.1 Å². The first kappa shape index (κ1) is 11.3. The molecule has 0 bridgehead atoms. The molecule has 0 saturated carbocycles. The van der Waals surface area contributed by atoms with E-state index in [0.29, 0.717) is 11.2 Å². The lowest BCUT2D eigenvalue weighted by atomic mass is 10.0. The van der Waals surface area contributed by atoms with Crippen molar-refractivity contribution < 1.29 is 0 Å². The maximum absolute atomic E-state index is 6.45. The van der Waals surface area contributed by atoms with Crippen molar-refractivity contribution >= 4 is 34.1 Å². The van der Waals surface area contributed by atoms with Gasteiger partial charge in [-0.2, -0.15) is 0 Å². The molecule has 4 heteroatoms. The summed E-state index contributed by atoms with van der Waals surface area (Å²) in [5.74, 6) is 0. The number of pyridine rings is 1. The van der Waals surface area contributed by atoms with Gasteiger partial charge in [0.2, 0.25) is 0 Å². The van der Waals surface area contributed by atoms with Crippen molar-refractivity contribution in [1.29, 1.82) is 0 Å². The molecule has 1 aromatic carbocycles. The van der Waals surface area contributed by atoms with Crippen molar-refractivity contribution in [1.82, 2.24) is 10.3 Å². The molecular weight excluding hydrogens is 255 g/mol. The average Bonchev–Trinajstić information content (AvgIpc) is 2.82. The number of hydrogen-bond acceptors (Lipinski definition) is 2. The van der Waals surface area contributed by atoms with Crippen LogP contribution in [0.5, 0.6) is 0 Å². The summed E-state index contributed by atoms with van der Waals surface area (Å²) in [5.41, 5.74) is 2.02. The molecule has 2 heterocycles. The molecule has 1 saturated heterocycles. The Bertz CT molecular complexity index is 563. The summed E-state index contributed by atoms with van der Waals surface area (Å²) in [7, 11) is 0. The standard InChI is InChI=1S/C13H12Cl2N2/c14-12-6-4-9-11(17-12)5-3-8(13(9)15)10-2-1-7-16-10/h3-6,10,16H,1-2,7H2. The van der Waals surface area contributed by atoms with Gasteiger partial charge < -0.3 is 5.32 Å². The molecule has 88 valence electrons. The maximum atomic E-state index is 6.45. The lowest BCUT2D eigenvalue weighted by Gasteiger charge is -2.14. The smallest absolute Gasteiger partial charge is 0.129 e. The number of hydrogen-bond donors (Lipinski definition) is 1. The van der Waals surface area contributed by atoms with Crippen LogP contribution in [0.1, 0.15) is 24.4 Å². The van der Waals surface area contributed by atoms with Crippen molar-refractivity contribution in [3.63, 3.8) is 0 Å². The summed E-state index contributed by atoms with van der Waals surface area (Å²) in [6.07, 6.45) is 2.35. The second-order valence-corrected chi connectivity index (χ2v) is 5.08. The SMILES string of the molecule is Clc1ccc2c(Cl)c(C3CCCN3)ccc2n1. The van der Waals surface area contributed by atoms with Crippen LogP contribution in [0.2, 0.25) is 10.2 Å². The van der Waals surface area contributed by atoms with Crippen LogP contribution in [-0.2, 0) is 0 Å². The Hall–Kier alpha value is -0.830. The van der Waals surface area contributed by atoms with Crippen LogP contribution in [0.25, 0.3) is 10.9 Å². The Morgan fingerprint density at radius 3 is 2.82 bits per heavy atom. The zero-order chi connectivity index (χ0) is 11.8. The van der Waals surface area contributed by atoms with Crippen LogP contribution < -0.4 is 5.32 Å². The number of fused-ring (bicyclic) bond motifs is 1. The van der Waals surface area contributed by atoms with Crippen LogP contribution in [0.4, 0.5) is 0 Å². The van der Waals surface area contributed by atoms with E-state index in [2.05, 4.69) is 16.4 Å². The van der Waals surface area contributed by atoms with Gasteiger partial charge in [-0.1, -0.05) is 29.3 Å². The Kier molecular flexibility index (Phi) is 2.95. The molecular formula is C13H12Cl2N2. The number of nitrogens with one attached hydrogen (secondary N) is 1. The van der Waals surface area contributed by atoms with Crippen LogP contribution in [0, 0.1) is 0 Å². The van der Waals surface area contributed by atoms with Gasteiger partial charge in [0.25, 0.3) is 0 Å². The van der Waals surface area contributed by atoms with Crippen molar-refractivity contribution in [2.75, 3.05) is 6.54 Å². The Morgan fingerprint density at radius 2 is 2.06 bits per heavy atom. The minimum absolute atomic E-state index is 0.377. The number of halogens is 2. The topological polar surface area (TPSA) is 24.9 Å². The molecule has 1 atom stereocenters. The van der Waals surface area contributed by atoms with Crippen LogP contribution >= 0.6 is 23.2 Å². The van der Waals surface area contributed by atoms with Gasteiger partial charge in [0.15, 0.2) is 0 Å². The van der Waals surface area contributed by atoms with Gasteiger partial charge in [-0.25, -0.2) is 4.98 Å². The molecule has 1 N–H and O–H groups in total. The monoisotopic (exact) mass is 266 g/mol. The van der Waals surface area contributed by atoms with Gasteiger partial charge >= 0.3 is 0 Å². The maximum Gasteiger partial charge on any atom is 0.129 e. The molecule has 1 aliphatic rings. The lowest BCUT2D eigenvalue weighted by Crippen LogP contribution is -2.13. The number of nitrogens with zero attached hydrogens (tertiary/aromatic N) is 1.